The molecule has 0 saturated carbocycles. The summed E-state index contributed by atoms with van der Waals surface area (Å²) in [7, 11) is 0. The zero-order valence-corrected chi connectivity index (χ0v) is 10.4. The van der Waals surface area contributed by atoms with Crippen molar-refractivity contribution in [3.8, 4) is 0 Å². The number of ether oxygens (including phenoxy) is 1. The Morgan fingerprint density at radius 1 is 1.29 bits per heavy atom. The Labute approximate surface area is 102 Å². The third-order valence-electron chi connectivity index (χ3n) is 2.65. The van der Waals surface area contributed by atoms with Gasteiger partial charge < -0.3 is 4.74 Å². The molecule has 0 fully saturated rings. The predicted octanol–water partition coefficient (Wildman–Crippen LogP) is 3.35. The summed E-state index contributed by atoms with van der Waals surface area (Å²) in [5, 5.41) is 0. The minimum atomic E-state index is -0.253. The van der Waals surface area contributed by atoms with Crippen LogP contribution in [-0.2, 0) is 16.0 Å². The lowest BCUT2D eigenvalue weighted by molar-refractivity contribution is -0.148. The monoisotopic (exact) mass is 238 g/mol. The van der Waals surface area contributed by atoms with Crippen molar-refractivity contribution in [1.82, 2.24) is 0 Å². The molecule has 0 spiro atoms. The van der Waals surface area contributed by atoms with E-state index < -0.39 is 0 Å². The molecule has 3 heteroatoms. The van der Waals surface area contributed by atoms with Gasteiger partial charge in [0.25, 0.3) is 0 Å². The molecule has 0 amide bonds. The van der Waals surface area contributed by atoms with Crippen LogP contribution in [-0.4, -0.2) is 12.6 Å². The summed E-state index contributed by atoms with van der Waals surface area (Å²) in [4.78, 5) is 11.7. The van der Waals surface area contributed by atoms with Crippen LogP contribution >= 0.6 is 0 Å². The maximum Gasteiger partial charge on any atom is 0.309 e. The summed E-state index contributed by atoms with van der Waals surface area (Å²) in [6, 6.07) is 6.28. The van der Waals surface area contributed by atoms with Gasteiger partial charge in [0.2, 0.25) is 0 Å². The Morgan fingerprint density at radius 3 is 2.47 bits per heavy atom. The normalized spacial score (nSPS) is 12.2. The zero-order chi connectivity index (χ0) is 12.7. The van der Waals surface area contributed by atoms with Gasteiger partial charge in [0.15, 0.2) is 0 Å². The van der Waals surface area contributed by atoms with Crippen molar-refractivity contribution in [1.29, 1.82) is 0 Å². The summed E-state index contributed by atoms with van der Waals surface area (Å²) in [6.07, 6.45) is 2.35. The molecule has 2 nitrogen and oxygen atoms in total. The van der Waals surface area contributed by atoms with Crippen molar-refractivity contribution in [2.45, 2.75) is 33.1 Å². The molecule has 1 rings (SSSR count). The molecule has 0 unspecified atom stereocenters. The van der Waals surface area contributed by atoms with Crippen LogP contribution in [0.4, 0.5) is 4.39 Å². The SMILES string of the molecule is CCC[C@@H](Cc1ccc(F)cc1)C(=O)OCC. The molecule has 0 bridgehead atoms. The molecule has 0 aliphatic heterocycles. The number of esters is 1. The maximum atomic E-state index is 12.8. The first-order valence-corrected chi connectivity index (χ1v) is 6.08. The Morgan fingerprint density at radius 2 is 1.94 bits per heavy atom. The number of carbonyl (C=O) groups excluding carboxylic acids is 1. The van der Waals surface area contributed by atoms with Crippen LogP contribution in [0.25, 0.3) is 0 Å². The molecule has 0 N–H and O–H groups in total. The third kappa shape index (κ3) is 4.55. The number of carbonyl (C=O) groups is 1. The van der Waals surface area contributed by atoms with E-state index in [0.29, 0.717) is 13.0 Å². The highest BCUT2D eigenvalue weighted by Crippen LogP contribution is 2.16. The smallest absolute Gasteiger partial charge is 0.309 e. The largest absolute Gasteiger partial charge is 0.466 e. The van der Waals surface area contributed by atoms with E-state index in [1.54, 1.807) is 19.1 Å². The Kier molecular flexibility index (Phi) is 5.67. The second kappa shape index (κ2) is 7.05. The van der Waals surface area contributed by atoms with Gasteiger partial charge >= 0.3 is 5.97 Å². The van der Waals surface area contributed by atoms with Gasteiger partial charge in [0.1, 0.15) is 5.82 Å². The predicted molar refractivity (Wildman–Crippen MR) is 65.1 cm³/mol. The van der Waals surface area contributed by atoms with E-state index in [2.05, 4.69) is 0 Å². The van der Waals surface area contributed by atoms with E-state index in [1.807, 2.05) is 6.92 Å². The van der Waals surface area contributed by atoms with Crippen molar-refractivity contribution >= 4 is 5.97 Å². The molecule has 17 heavy (non-hydrogen) atoms. The summed E-state index contributed by atoms with van der Waals surface area (Å²) < 4.78 is 17.8. The lowest BCUT2D eigenvalue weighted by atomic mass is 9.95. The van der Waals surface area contributed by atoms with E-state index >= 15 is 0 Å². The van der Waals surface area contributed by atoms with Crippen LogP contribution in [0.15, 0.2) is 24.3 Å². The van der Waals surface area contributed by atoms with Crippen molar-refractivity contribution < 1.29 is 13.9 Å². The van der Waals surface area contributed by atoms with Crippen LogP contribution in [0.2, 0.25) is 0 Å². The van der Waals surface area contributed by atoms with Gasteiger partial charge in [0, 0.05) is 0 Å². The third-order valence-corrected chi connectivity index (χ3v) is 2.65. The van der Waals surface area contributed by atoms with Crippen LogP contribution in [0.1, 0.15) is 32.3 Å². The van der Waals surface area contributed by atoms with Gasteiger partial charge in [-0.15, -0.1) is 0 Å². The average molecular weight is 238 g/mol. The van der Waals surface area contributed by atoms with Crippen LogP contribution in [0.5, 0.6) is 0 Å². The number of hydrogen-bond donors (Lipinski definition) is 0. The number of benzene rings is 1. The molecule has 1 aromatic rings. The molecule has 1 atom stereocenters. The summed E-state index contributed by atoms with van der Waals surface area (Å²) in [5.74, 6) is -0.527. The van der Waals surface area contributed by atoms with E-state index in [4.69, 9.17) is 4.74 Å². The number of rotatable bonds is 6. The minimum absolute atomic E-state index is 0.120. The minimum Gasteiger partial charge on any atom is -0.466 e. The lowest BCUT2D eigenvalue weighted by Crippen LogP contribution is -2.20. The fourth-order valence-corrected chi connectivity index (χ4v) is 1.82. The van der Waals surface area contributed by atoms with E-state index in [9.17, 15) is 9.18 Å². The van der Waals surface area contributed by atoms with Gasteiger partial charge in [-0.2, -0.15) is 0 Å². The Hall–Kier alpha value is -1.38. The van der Waals surface area contributed by atoms with Crippen molar-refractivity contribution in [3.05, 3.63) is 35.6 Å². The number of halogens is 1. The lowest BCUT2D eigenvalue weighted by Gasteiger charge is -2.14. The zero-order valence-electron chi connectivity index (χ0n) is 10.4. The van der Waals surface area contributed by atoms with Gasteiger partial charge in [-0.3, -0.25) is 4.79 Å². The molecular weight excluding hydrogens is 219 g/mol. The Balaban J connectivity index is 2.65. The molecule has 0 aliphatic carbocycles. The van der Waals surface area contributed by atoms with Crippen LogP contribution in [0, 0.1) is 11.7 Å². The standard InChI is InChI=1S/C14H19FO2/c1-3-5-12(14(16)17-4-2)10-11-6-8-13(15)9-7-11/h6-9,12H,3-5,10H2,1-2H3/t12-/m0/s1. The van der Waals surface area contributed by atoms with Gasteiger partial charge in [0.05, 0.1) is 12.5 Å². The van der Waals surface area contributed by atoms with E-state index in [-0.39, 0.29) is 17.7 Å². The first kappa shape index (κ1) is 13.7. The highest BCUT2D eigenvalue weighted by Gasteiger charge is 2.19. The van der Waals surface area contributed by atoms with E-state index in [1.165, 1.54) is 12.1 Å². The fraction of sp³-hybridized carbons (Fsp3) is 0.500. The molecular formula is C14H19FO2. The van der Waals surface area contributed by atoms with Crippen LogP contribution in [0.3, 0.4) is 0 Å². The van der Waals surface area contributed by atoms with Crippen molar-refractivity contribution in [2.75, 3.05) is 6.61 Å². The summed E-state index contributed by atoms with van der Waals surface area (Å²) in [6.45, 7) is 4.25. The van der Waals surface area contributed by atoms with Gasteiger partial charge in [-0.25, -0.2) is 4.39 Å². The van der Waals surface area contributed by atoms with Crippen molar-refractivity contribution in [3.63, 3.8) is 0 Å². The summed E-state index contributed by atoms with van der Waals surface area (Å²) in [5.41, 5.74) is 0.970. The molecule has 0 aliphatic rings. The molecule has 0 radical (unpaired) electrons. The highest BCUT2D eigenvalue weighted by atomic mass is 19.1. The molecule has 1 aromatic carbocycles. The topological polar surface area (TPSA) is 26.3 Å². The van der Waals surface area contributed by atoms with Gasteiger partial charge in [-0.05, 0) is 37.5 Å². The highest BCUT2D eigenvalue weighted by molar-refractivity contribution is 5.72. The fourth-order valence-electron chi connectivity index (χ4n) is 1.82. The first-order valence-electron chi connectivity index (χ1n) is 6.08. The molecule has 0 aromatic heterocycles. The second-order valence-corrected chi connectivity index (χ2v) is 4.07. The second-order valence-electron chi connectivity index (χ2n) is 4.07. The van der Waals surface area contributed by atoms with Gasteiger partial charge in [-0.1, -0.05) is 25.5 Å². The first-order chi connectivity index (χ1) is 8.17. The van der Waals surface area contributed by atoms with Crippen molar-refractivity contribution in [2.24, 2.45) is 5.92 Å². The molecule has 94 valence electrons. The van der Waals surface area contributed by atoms with Crippen LogP contribution < -0.4 is 0 Å². The summed E-state index contributed by atoms with van der Waals surface area (Å²) >= 11 is 0. The maximum absolute atomic E-state index is 12.8. The van der Waals surface area contributed by atoms with E-state index in [0.717, 1.165) is 18.4 Å². The Bertz CT molecular complexity index is 346. The number of hydrogen-bond acceptors (Lipinski definition) is 2. The quantitative estimate of drug-likeness (QED) is 0.710. The molecule has 0 heterocycles. The molecule has 0 saturated heterocycles. The average Bonchev–Trinajstić information content (AvgIpc) is 2.31.